The van der Waals surface area contributed by atoms with Crippen molar-refractivity contribution in [2.75, 3.05) is 19.5 Å². The molecule has 238 valence electrons. The third-order valence-electron chi connectivity index (χ3n) is 11.7. The molecule has 45 heavy (non-hydrogen) atoms. The van der Waals surface area contributed by atoms with Crippen LogP contribution in [0.5, 0.6) is 11.5 Å². The lowest BCUT2D eigenvalue weighted by molar-refractivity contribution is -0.201. The molecule has 0 unspecified atom stereocenters. The van der Waals surface area contributed by atoms with Crippen molar-refractivity contribution in [3.05, 3.63) is 77.4 Å². The fourth-order valence-corrected chi connectivity index (χ4v) is 9.64. The van der Waals surface area contributed by atoms with E-state index in [1.807, 2.05) is 37.3 Å². The molecule has 0 spiro atoms. The SMILES string of the molecule is COc1ccc(OCc2ccccc2N)cc1[C@H]1O[C@@H]2C[C@H]3[C@@H]4CCC5=CC(=O)C=C[C@]5(C)[C@H]4[C@@H](O)C[C@]3(C)[C@]2(C(=O)CO)O1. The maximum atomic E-state index is 13.9. The van der Waals surface area contributed by atoms with Crippen LogP contribution >= 0.6 is 0 Å². The molecule has 1 heterocycles. The van der Waals surface area contributed by atoms with Crippen LogP contribution < -0.4 is 15.2 Å². The minimum Gasteiger partial charge on any atom is -0.496 e. The lowest BCUT2D eigenvalue weighted by atomic mass is 9.46. The molecule has 0 bridgehead atoms. The molecule has 0 aromatic heterocycles. The molecule has 1 aliphatic heterocycles. The fourth-order valence-electron chi connectivity index (χ4n) is 9.64. The van der Waals surface area contributed by atoms with Crippen LogP contribution in [-0.2, 0) is 25.7 Å². The van der Waals surface area contributed by atoms with Crippen molar-refractivity contribution in [2.45, 2.75) is 70.2 Å². The Morgan fingerprint density at radius 1 is 1.18 bits per heavy atom. The molecule has 7 rings (SSSR count). The highest BCUT2D eigenvalue weighted by molar-refractivity contribution is 6.01. The molecule has 4 N–H and O–H groups in total. The molecule has 4 fully saturated rings. The molecule has 9 heteroatoms. The number of rotatable bonds is 7. The average Bonchev–Trinajstić information content (AvgIpc) is 3.53. The zero-order valence-electron chi connectivity index (χ0n) is 25.9. The summed E-state index contributed by atoms with van der Waals surface area (Å²) in [5.41, 5.74) is 6.53. The van der Waals surface area contributed by atoms with E-state index in [1.54, 1.807) is 37.5 Å². The van der Waals surface area contributed by atoms with Gasteiger partial charge in [-0.25, -0.2) is 0 Å². The van der Waals surface area contributed by atoms with Gasteiger partial charge in [0.25, 0.3) is 0 Å². The monoisotopic (exact) mass is 615 g/mol. The van der Waals surface area contributed by atoms with Gasteiger partial charge in [-0.2, -0.15) is 0 Å². The number of aliphatic hydroxyl groups is 2. The van der Waals surface area contributed by atoms with Gasteiger partial charge in [0.15, 0.2) is 23.5 Å². The highest BCUT2D eigenvalue weighted by atomic mass is 16.7. The van der Waals surface area contributed by atoms with Crippen molar-refractivity contribution < 1.29 is 38.7 Å². The predicted octanol–water partition coefficient (Wildman–Crippen LogP) is 4.46. The molecule has 4 aliphatic carbocycles. The number of ketones is 2. The van der Waals surface area contributed by atoms with Crippen molar-refractivity contribution in [2.24, 2.45) is 28.6 Å². The van der Waals surface area contributed by atoms with Crippen molar-refractivity contribution in [1.29, 1.82) is 0 Å². The Morgan fingerprint density at radius 2 is 1.98 bits per heavy atom. The summed E-state index contributed by atoms with van der Waals surface area (Å²) < 4.78 is 25.2. The number of para-hydroxylation sites is 1. The highest BCUT2D eigenvalue weighted by Gasteiger charge is 2.76. The van der Waals surface area contributed by atoms with E-state index in [0.29, 0.717) is 35.6 Å². The van der Waals surface area contributed by atoms with Gasteiger partial charge in [0, 0.05) is 28.0 Å². The van der Waals surface area contributed by atoms with Gasteiger partial charge < -0.3 is 34.9 Å². The van der Waals surface area contributed by atoms with E-state index in [1.165, 1.54) is 0 Å². The van der Waals surface area contributed by atoms with E-state index in [4.69, 9.17) is 24.7 Å². The lowest BCUT2D eigenvalue weighted by Crippen LogP contribution is -2.63. The maximum absolute atomic E-state index is 13.9. The van der Waals surface area contributed by atoms with E-state index >= 15 is 0 Å². The fraction of sp³-hybridized carbons (Fsp3) is 0.500. The summed E-state index contributed by atoms with van der Waals surface area (Å²) in [7, 11) is 1.56. The Balaban J connectivity index is 1.21. The smallest absolute Gasteiger partial charge is 0.193 e. The molecule has 0 radical (unpaired) electrons. The summed E-state index contributed by atoms with van der Waals surface area (Å²) in [6, 6.07) is 12.9. The topological polar surface area (TPSA) is 138 Å². The van der Waals surface area contributed by atoms with Gasteiger partial charge in [0.1, 0.15) is 24.7 Å². The molecule has 2 aromatic rings. The number of fused-ring (bicyclic) bond motifs is 7. The lowest BCUT2D eigenvalue weighted by Gasteiger charge is -2.59. The van der Waals surface area contributed by atoms with Crippen LogP contribution in [0.1, 0.15) is 56.9 Å². The quantitative estimate of drug-likeness (QED) is 0.386. The van der Waals surface area contributed by atoms with Crippen LogP contribution in [0.2, 0.25) is 0 Å². The van der Waals surface area contributed by atoms with E-state index in [2.05, 4.69) is 6.92 Å². The molecule has 0 amide bonds. The normalized spacial score (nSPS) is 38.1. The zero-order chi connectivity index (χ0) is 31.7. The summed E-state index contributed by atoms with van der Waals surface area (Å²) in [6.07, 6.45) is 5.38. The third-order valence-corrected chi connectivity index (χ3v) is 11.7. The summed E-state index contributed by atoms with van der Waals surface area (Å²) >= 11 is 0. The summed E-state index contributed by atoms with van der Waals surface area (Å²) in [4.78, 5) is 26.1. The largest absolute Gasteiger partial charge is 0.496 e. The van der Waals surface area contributed by atoms with Gasteiger partial charge in [0.2, 0.25) is 0 Å². The second kappa shape index (κ2) is 10.8. The number of carbonyl (C=O) groups is 2. The van der Waals surface area contributed by atoms with E-state index in [-0.39, 0.29) is 30.1 Å². The van der Waals surface area contributed by atoms with E-state index < -0.39 is 47.3 Å². The van der Waals surface area contributed by atoms with Gasteiger partial charge in [-0.3, -0.25) is 9.59 Å². The first-order valence-electron chi connectivity index (χ1n) is 15.8. The van der Waals surface area contributed by atoms with Crippen molar-refractivity contribution in [3.8, 4) is 11.5 Å². The van der Waals surface area contributed by atoms with E-state index in [9.17, 15) is 19.8 Å². The number of ether oxygens (including phenoxy) is 4. The minimum absolute atomic E-state index is 0.00430. The molecule has 2 aromatic carbocycles. The number of nitrogens with two attached hydrogens (primary N) is 1. The first-order chi connectivity index (χ1) is 21.6. The summed E-state index contributed by atoms with van der Waals surface area (Å²) in [5, 5.41) is 22.2. The number of hydrogen-bond donors (Lipinski definition) is 3. The molecule has 5 aliphatic rings. The van der Waals surface area contributed by atoms with Gasteiger partial charge >= 0.3 is 0 Å². The minimum atomic E-state index is -1.46. The predicted molar refractivity (Wildman–Crippen MR) is 165 cm³/mol. The summed E-state index contributed by atoms with van der Waals surface area (Å²) in [6.45, 7) is 3.70. The molecular formula is C36H41NO8. The van der Waals surface area contributed by atoms with Crippen LogP contribution in [0, 0.1) is 28.6 Å². The molecule has 9 nitrogen and oxygen atoms in total. The highest BCUT2D eigenvalue weighted by Crippen LogP contribution is 2.70. The van der Waals surface area contributed by atoms with Gasteiger partial charge in [-0.05, 0) is 73.9 Å². The second-order valence-corrected chi connectivity index (χ2v) is 13.7. The van der Waals surface area contributed by atoms with Gasteiger partial charge in [0.05, 0.1) is 24.9 Å². The number of carbonyl (C=O) groups excluding carboxylic acids is 2. The first kappa shape index (κ1) is 30.2. The van der Waals surface area contributed by atoms with Crippen molar-refractivity contribution in [3.63, 3.8) is 0 Å². The Kier molecular flexibility index (Phi) is 7.24. The molecule has 9 atom stereocenters. The number of aliphatic hydroxyl groups excluding tert-OH is 2. The number of hydrogen-bond acceptors (Lipinski definition) is 9. The number of Topliss-reactive ketones (excluding diaryl/α,β-unsaturated/α-hetero) is 1. The Labute approximate surface area is 263 Å². The maximum Gasteiger partial charge on any atom is 0.193 e. The van der Waals surface area contributed by atoms with E-state index in [0.717, 1.165) is 24.0 Å². The molecule has 1 saturated heterocycles. The van der Waals surface area contributed by atoms with Crippen LogP contribution in [0.4, 0.5) is 5.69 Å². The Hall–Kier alpha value is -3.50. The number of allylic oxidation sites excluding steroid dienone is 4. The second-order valence-electron chi connectivity index (χ2n) is 13.7. The standard InChI is InChI=1S/C36H41NO8/c1-34-13-12-22(39)14-21(34)8-10-24-26-16-31-36(30(41)18-38,35(26,2)17-28(40)32(24)34)45-33(44-31)25-15-23(9-11-29(25)42-3)43-19-20-6-4-5-7-27(20)37/h4-7,9,11-15,24,26,28,31-33,38,40H,8,10,16-19,37H2,1-3H3/t24-,26-,28-,31+,32+,33-,34-,35-,36+/m0/s1. The number of anilines is 1. The van der Waals surface area contributed by atoms with Crippen LogP contribution in [0.15, 0.2) is 66.3 Å². The van der Waals surface area contributed by atoms with Gasteiger partial charge in [-0.1, -0.05) is 43.7 Å². The van der Waals surface area contributed by atoms with Crippen LogP contribution in [0.25, 0.3) is 0 Å². The van der Waals surface area contributed by atoms with Crippen LogP contribution in [0.3, 0.4) is 0 Å². The molecular weight excluding hydrogens is 574 g/mol. The number of methoxy groups -OCH3 is 1. The number of benzene rings is 2. The van der Waals surface area contributed by atoms with Crippen molar-refractivity contribution >= 4 is 17.3 Å². The number of nitrogen functional groups attached to an aromatic ring is 1. The molecule has 3 saturated carbocycles. The Morgan fingerprint density at radius 3 is 2.73 bits per heavy atom. The third kappa shape index (κ3) is 4.35. The first-order valence-corrected chi connectivity index (χ1v) is 15.8. The van der Waals surface area contributed by atoms with Gasteiger partial charge in [-0.15, -0.1) is 0 Å². The Bertz CT molecular complexity index is 1600. The van der Waals surface area contributed by atoms with Crippen molar-refractivity contribution in [1.82, 2.24) is 0 Å². The average molecular weight is 616 g/mol. The van der Waals surface area contributed by atoms with Crippen LogP contribution in [-0.4, -0.2) is 53.3 Å². The summed E-state index contributed by atoms with van der Waals surface area (Å²) in [5.74, 6) is 0.590. The zero-order valence-corrected chi connectivity index (χ0v) is 25.9.